The number of ether oxygens (including phenoxy) is 1. The maximum atomic E-state index is 12.1. The lowest BCUT2D eigenvalue weighted by Crippen LogP contribution is -2.42. The van der Waals surface area contributed by atoms with Crippen molar-refractivity contribution < 1.29 is 9.53 Å². The molecule has 0 spiro atoms. The van der Waals surface area contributed by atoms with Crippen LogP contribution in [0, 0.1) is 24.2 Å². The summed E-state index contributed by atoms with van der Waals surface area (Å²) in [6, 6.07) is 7.56. The van der Waals surface area contributed by atoms with Gasteiger partial charge in [-0.1, -0.05) is 0 Å². The van der Waals surface area contributed by atoms with Gasteiger partial charge >= 0.3 is 0 Å². The second kappa shape index (κ2) is 7.27. The summed E-state index contributed by atoms with van der Waals surface area (Å²) in [4.78, 5) is 29.4. The van der Waals surface area contributed by atoms with Crippen LogP contribution in [0.3, 0.4) is 0 Å². The summed E-state index contributed by atoms with van der Waals surface area (Å²) in [5.74, 6) is 0.261. The number of fused-ring (bicyclic) bond motifs is 1. The first-order valence-electron chi connectivity index (χ1n) is 8.24. The molecule has 0 bridgehead atoms. The van der Waals surface area contributed by atoms with Crippen molar-refractivity contribution in [3.05, 3.63) is 23.9 Å². The zero-order valence-electron chi connectivity index (χ0n) is 14.8. The lowest BCUT2D eigenvalue weighted by Gasteiger charge is -2.18. The zero-order chi connectivity index (χ0) is 18.7. The number of amides is 1. The molecule has 26 heavy (non-hydrogen) atoms. The minimum Gasteiger partial charge on any atom is -0.494 e. The zero-order valence-corrected chi connectivity index (χ0v) is 14.8. The molecule has 8 nitrogen and oxygen atoms in total. The number of carbonyl (C=O) groups is 1. The van der Waals surface area contributed by atoms with E-state index in [1.165, 1.54) is 0 Å². The summed E-state index contributed by atoms with van der Waals surface area (Å²) in [5, 5.41) is 12.3. The molecular formula is C18H18N6O2. The Morgan fingerprint density at radius 3 is 2.85 bits per heavy atom. The van der Waals surface area contributed by atoms with Gasteiger partial charge in [0.1, 0.15) is 5.75 Å². The first-order chi connectivity index (χ1) is 12.5. The number of rotatable bonds is 4. The third-order valence-electron chi connectivity index (χ3n) is 4.00. The van der Waals surface area contributed by atoms with Crippen LogP contribution in [0.25, 0.3) is 10.9 Å². The number of hydrogen-bond acceptors (Lipinski definition) is 6. The number of aliphatic imine (C=N–C) groups is 2. The SMILES string of the molecule is CCOc1ccc2nc(/N=C3/N=C(C)C(CC#N)C(=O)N3)nc(C)c2c1. The van der Waals surface area contributed by atoms with Crippen LogP contribution in [0.5, 0.6) is 5.75 Å². The fraction of sp³-hybridized carbons (Fsp3) is 0.333. The molecule has 1 aliphatic heterocycles. The van der Waals surface area contributed by atoms with Gasteiger partial charge < -0.3 is 4.74 Å². The fourth-order valence-corrected chi connectivity index (χ4v) is 2.69. The molecule has 0 saturated carbocycles. The minimum absolute atomic E-state index is 0.0855. The molecule has 1 atom stereocenters. The number of nitriles is 1. The Labute approximate surface area is 150 Å². The maximum absolute atomic E-state index is 12.1. The summed E-state index contributed by atoms with van der Waals surface area (Å²) >= 11 is 0. The third kappa shape index (κ3) is 3.52. The predicted molar refractivity (Wildman–Crippen MR) is 97.5 cm³/mol. The molecule has 1 unspecified atom stereocenters. The van der Waals surface area contributed by atoms with Crippen molar-refractivity contribution in [3.63, 3.8) is 0 Å². The lowest BCUT2D eigenvalue weighted by atomic mass is 9.99. The highest BCUT2D eigenvalue weighted by molar-refractivity contribution is 6.17. The molecule has 1 aromatic heterocycles. The van der Waals surface area contributed by atoms with E-state index < -0.39 is 5.92 Å². The Kier molecular flexibility index (Phi) is 4.89. The van der Waals surface area contributed by atoms with Gasteiger partial charge in [-0.25, -0.2) is 15.0 Å². The number of carbonyl (C=O) groups excluding carboxylic acids is 1. The predicted octanol–water partition coefficient (Wildman–Crippen LogP) is 2.45. The number of guanidine groups is 1. The Bertz CT molecular complexity index is 974. The first-order valence-corrected chi connectivity index (χ1v) is 8.24. The quantitative estimate of drug-likeness (QED) is 0.910. The Morgan fingerprint density at radius 1 is 1.35 bits per heavy atom. The van der Waals surface area contributed by atoms with Gasteiger partial charge in [-0.2, -0.15) is 10.3 Å². The average molecular weight is 350 g/mol. The normalized spacial score (nSPS) is 18.4. The van der Waals surface area contributed by atoms with Crippen molar-refractivity contribution in [2.45, 2.75) is 27.2 Å². The molecule has 0 radical (unpaired) electrons. The highest BCUT2D eigenvalue weighted by Gasteiger charge is 2.27. The van der Waals surface area contributed by atoms with Gasteiger partial charge in [-0.3, -0.25) is 10.1 Å². The maximum Gasteiger partial charge on any atom is 0.253 e. The van der Waals surface area contributed by atoms with E-state index in [0.29, 0.717) is 12.3 Å². The van der Waals surface area contributed by atoms with Crippen LogP contribution < -0.4 is 10.1 Å². The number of nitrogens with zero attached hydrogens (tertiary/aromatic N) is 5. The fourth-order valence-electron chi connectivity index (χ4n) is 2.69. The Balaban J connectivity index is 1.96. The van der Waals surface area contributed by atoms with Crippen LogP contribution >= 0.6 is 0 Å². The first kappa shape index (κ1) is 17.5. The van der Waals surface area contributed by atoms with Gasteiger partial charge in [0.15, 0.2) is 0 Å². The van der Waals surface area contributed by atoms with Crippen LogP contribution in [0.4, 0.5) is 5.95 Å². The van der Waals surface area contributed by atoms with Gasteiger partial charge in [0, 0.05) is 11.1 Å². The molecule has 1 aliphatic rings. The van der Waals surface area contributed by atoms with Gasteiger partial charge in [0.2, 0.25) is 11.9 Å². The molecule has 0 fully saturated rings. The summed E-state index contributed by atoms with van der Waals surface area (Å²) in [7, 11) is 0. The second-order valence-electron chi connectivity index (χ2n) is 5.81. The van der Waals surface area contributed by atoms with E-state index >= 15 is 0 Å². The van der Waals surface area contributed by atoms with Crippen molar-refractivity contribution in [1.29, 1.82) is 5.26 Å². The third-order valence-corrected chi connectivity index (χ3v) is 4.00. The van der Waals surface area contributed by atoms with Gasteiger partial charge in [-0.15, -0.1) is 0 Å². The van der Waals surface area contributed by atoms with E-state index in [1.54, 1.807) is 6.92 Å². The summed E-state index contributed by atoms with van der Waals surface area (Å²) < 4.78 is 5.50. The summed E-state index contributed by atoms with van der Waals surface area (Å²) in [6.07, 6.45) is 0.0855. The number of aromatic nitrogens is 2. The highest BCUT2D eigenvalue weighted by Crippen LogP contribution is 2.24. The Morgan fingerprint density at radius 2 is 2.15 bits per heavy atom. The second-order valence-corrected chi connectivity index (χ2v) is 5.81. The summed E-state index contributed by atoms with van der Waals surface area (Å²) in [5.41, 5.74) is 2.03. The van der Waals surface area contributed by atoms with Crippen LogP contribution in [-0.4, -0.2) is 34.2 Å². The molecule has 3 rings (SSSR count). The van der Waals surface area contributed by atoms with E-state index in [-0.39, 0.29) is 24.2 Å². The van der Waals surface area contributed by atoms with Crippen LogP contribution in [0.2, 0.25) is 0 Å². The number of hydrogen-bond donors (Lipinski definition) is 1. The molecule has 0 aliphatic carbocycles. The highest BCUT2D eigenvalue weighted by atomic mass is 16.5. The van der Waals surface area contributed by atoms with Crippen LogP contribution in [0.1, 0.15) is 26.0 Å². The van der Waals surface area contributed by atoms with Crippen molar-refractivity contribution in [1.82, 2.24) is 15.3 Å². The van der Waals surface area contributed by atoms with E-state index in [4.69, 9.17) is 10.00 Å². The molecule has 1 aromatic carbocycles. The largest absolute Gasteiger partial charge is 0.494 e. The molecular weight excluding hydrogens is 332 g/mol. The smallest absolute Gasteiger partial charge is 0.253 e. The van der Waals surface area contributed by atoms with Crippen molar-refractivity contribution in [2.24, 2.45) is 15.9 Å². The topological polar surface area (TPSA) is 113 Å². The minimum atomic E-state index is -0.546. The van der Waals surface area contributed by atoms with Crippen LogP contribution in [-0.2, 0) is 4.79 Å². The van der Waals surface area contributed by atoms with E-state index in [2.05, 4.69) is 25.3 Å². The van der Waals surface area contributed by atoms with Gasteiger partial charge in [0.05, 0.1) is 36.2 Å². The standard InChI is InChI=1S/C18H18N6O2/c1-4-26-12-5-6-15-14(9-12)11(3)21-17(22-15)24-18-20-10(2)13(7-8-19)16(25)23-18/h5-6,9,13H,4,7H2,1-3H3,(H,21,22,23,24,25). The van der Waals surface area contributed by atoms with E-state index in [0.717, 1.165) is 22.3 Å². The average Bonchev–Trinajstić information content (AvgIpc) is 2.59. The van der Waals surface area contributed by atoms with E-state index in [9.17, 15) is 4.79 Å². The summed E-state index contributed by atoms with van der Waals surface area (Å²) in [6.45, 7) is 6.08. The van der Waals surface area contributed by atoms with Gasteiger partial charge in [-0.05, 0) is 39.0 Å². The monoisotopic (exact) mass is 350 g/mol. The number of benzene rings is 1. The molecule has 2 heterocycles. The molecule has 8 heteroatoms. The lowest BCUT2D eigenvalue weighted by molar-refractivity contribution is -0.121. The Hall–Kier alpha value is -3.34. The molecule has 1 N–H and O–H groups in total. The number of aryl methyl sites for hydroxylation is 1. The molecule has 2 aromatic rings. The van der Waals surface area contributed by atoms with Crippen molar-refractivity contribution in [2.75, 3.05) is 6.61 Å². The van der Waals surface area contributed by atoms with Crippen LogP contribution in [0.15, 0.2) is 28.2 Å². The number of nitrogens with one attached hydrogen (secondary N) is 1. The van der Waals surface area contributed by atoms with Crippen molar-refractivity contribution >= 4 is 34.4 Å². The molecule has 0 saturated heterocycles. The van der Waals surface area contributed by atoms with E-state index in [1.807, 2.05) is 38.1 Å². The molecule has 132 valence electrons. The van der Waals surface area contributed by atoms with Gasteiger partial charge in [0.25, 0.3) is 5.95 Å². The van der Waals surface area contributed by atoms with Crippen molar-refractivity contribution in [3.8, 4) is 11.8 Å². The molecule has 1 amide bonds.